The van der Waals surface area contributed by atoms with Crippen LogP contribution in [-0.4, -0.2) is 77.0 Å². The number of piperidine rings is 1. The zero-order chi connectivity index (χ0) is 21.0. The fraction of sp³-hybridized carbons (Fsp3) is 0.792. The molecule has 0 bridgehead atoms. The molecule has 0 radical (unpaired) electrons. The first-order chi connectivity index (χ1) is 15.3. The summed E-state index contributed by atoms with van der Waals surface area (Å²) < 4.78 is 0. The summed E-state index contributed by atoms with van der Waals surface area (Å²) in [6.45, 7) is 6.20. The molecule has 1 aliphatic carbocycles. The monoisotopic (exact) mass is 426 g/mol. The van der Waals surface area contributed by atoms with E-state index in [4.69, 9.17) is 4.98 Å². The van der Waals surface area contributed by atoms with Gasteiger partial charge in [-0.05, 0) is 51.0 Å². The molecular formula is C24H38N6O. The molecule has 7 nitrogen and oxygen atoms in total. The largest absolute Gasteiger partial charge is 0.356 e. The smallest absolute Gasteiger partial charge is 0.225 e. The molecule has 31 heavy (non-hydrogen) atoms. The Balaban J connectivity index is 1.15. The molecule has 5 rings (SSSR count). The first-order valence-corrected chi connectivity index (χ1v) is 12.6. The van der Waals surface area contributed by atoms with Gasteiger partial charge in [0.2, 0.25) is 11.9 Å². The van der Waals surface area contributed by atoms with Gasteiger partial charge in [-0.1, -0.05) is 19.3 Å². The number of nitrogens with one attached hydrogen (secondary N) is 1. The normalized spacial score (nSPS) is 28.3. The lowest BCUT2D eigenvalue weighted by Crippen LogP contribution is -2.51. The predicted molar refractivity (Wildman–Crippen MR) is 123 cm³/mol. The number of carbonyl (C=O) groups is 1. The molecular weight excluding hydrogens is 388 g/mol. The summed E-state index contributed by atoms with van der Waals surface area (Å²) >= 11 is 0. The van der Waals surface area contributed by atoms with Gasteiger partial charge in [-0.2, -0.15) is 4.98 Å². The van der Waals surface area contributed by atoms with Crippen LogP contribution in [0.4, 0.5) is 11.8 Å². The van der Waals surface area contributed by atoms with E-state index in [-0.39, 0.29) is 0 Å². The highest BCUT2D eigenvalue weighted by atomic mass is 16.2. The van der Waals surface area contributed by atoms with Crippen molar-refractivity contribution in [1.29, 1.82) is 0 Å². The molecule has 1 N–H and O–H groups in total. The van der Waals surface area contributed by atoms with Gasteiger partial charge in [0.15, 0.2) is 0 Å². The lowest BCUT2D eigenvalue weighted by atomic mass is 9.84. The van der Waals surface area contributed by atoms with E-state index in [1.54, 1.807) is 0 Å². The van der Waals surface area contributed by atoms with E-state index < -0.39 is 0 Å². The summed E-state index contributed by atoms with van der Waals surface area (Å²) in [6, 6.07) is 2.94. The molecule has 3 aliphatic heterocycles. The molecule has 2 atom stereocenters. The fourth-order valence-corrected chi connectivity index (χ4v) is 5.68. The zero-order valence-electron chi connectivity index (χ0n) is 18.8. The molecule has 1 amide bonds. The molecule has 4 heterocycles. The summed E-state index contributed by atoms with van der Waals surface area (Å²) in [6.07, 6.45) is 14.0. The van der Waals surface area contributed by atoms with Crippen LogP contribution in [0.15, 0.2) is 12.3 Å². The first-order valence-electron chi connectivity index (χ1n) is 12.6. The lowest BCUT2D eigenvalue weighted by Gasteiger charge is -2.40. The average molecular weight is 427 g/mol. The Morgan fingerprint density at radius 2 is 1.74 bits per heavy atom. The molecule has 0 aromatic carbocycles. The predicted octanol–water partition coefficient (Wildman–Crippen LogP) is 3.13. The lowest BCUT2D eigenvalue weighted by molar-refractivity contribution is -0.140. The summed E-state index contributed by atoms with van der Waals surface area (Å²) in [5.41, 5.74) is 0. The van der Waals surface area contributed by atoms with Gasteiger partial charge in [-0.25, -0.2) is 4.98 Å². The van der Waals surface area contributed by atoms with Gasteiger partial charge in [0.25, 0.3) is 0 Å². The highest BCUT2D eigenvalue weighted by Gasteiger charge is 2.36. The van der Waals surface area contributed by atoms with E-state index in [1.807, 2.05) is 12.3 Å². The summed E-state index contributed by atoms with van der Waals surface area (Å²) in [5, 5.41) is 3.60. The molecule has 7 heteroatoms. The van der Waals surface area contributed by atoms with Crippen molar-refractivity contribution in [2.75, 3.05) is 49.5 Å². The quantitative estimate of drug-likeness (QED) is 0.780. The van der Waals surface area contributed by atoms with E-state index in [2.05, 4.69) is 25.0 Å². The van der Waals surface area contributed by atoms with Gasteiger partial charge in [0.1, 0.15) is 5.82 Å². The minimum atomic E-state index is 0.320. The zero-order valence-corrected chi connectivity index (χ0v) is 18.8. The number of rotatable bonds is 5. The van der Waals surface area contributed by atoms with Gasteiger partial charge in [0.05, 0.1) is 0 Å². The van der Waals surface area contributed by atoms with E-state index in [0.29, 0.717) is 23.9 Å². The van der Waals surface area contributed by atoms with Gasteiger partial charge in [0, 0.05) is 63.5 Å². The van der Waals surface area contributed by atoms with Crippen molar-refractivity contribution in [2.45, 2.75) is 76.3 Å². The van der Waals surface area contributed by atoms with Crippen molar-refractivity contribution in [3.8, 4) is 0 Å². The Morgan fingerprint density at radius 3 is 2.52 bits per heavy atom. The maximum Gasteiger partial charge on any atom is 0.225 e. The number of likely N-dealkylation sites (tertiary alicyclic amines) is 2. The maximum absolute atomic E-state index is 12.7. The van der Waals surface area contributed by atoms with E-state index >= 15 is 0 Å². The third-order valence-corrected chi connectivity index (χ3v) is 7.80. The number of nitrogens with zero attached hydrogens (tertiary/aromatic N) is 5. The second-order valence-electron chi connectivity index (χ2n) is 9.97. The minimum absolute atomic E-state index is 0.320. The number of aromatic nitrogens is 2. The Hall–Kier alpha value is -1.89. The van der Waals surface area contributed by atoms with Crippen LogP contribution in [0.3, 0.4) is 0 Å². The third-order valence-electron chi connectivity index (χ3n) is 7.80. The van der Waals surface area contributed by atoms with Gasteiger partial charge < -0.3 is 15.1 Å². The number of anilines is 2. The Bertz CT molecular complexity index is 745. The average Bonchev–Trinajstić information content (AvgIpc) is 3.05. The molecule has 1 aromatic rings. The van der Waals surface area contributed by atoms with Crippen LogP contribution in [-0.2, 0) is 4.79 Å². The van der Waals surface area contributed by atoms with Crippen LogP contribution in [0.1, 0.15) is 64.2 Å². The number of amides is 1. The second-order valence-corrected chi connectivity index (χ2v) is 9.97. The van der Waals surface area contributed by atoms with Crippen molar-refractivity contribution >= 4 is 17.7 Å². The van der Waals surface area contributed by atoms with Crippen LogP contribution in [0.5, 0.6) is 0 Å². The molecule has 3 saturated heterocycles. The maximum atomic E-state index is 12.7. The number of hydrogen-bond acceptors (Lipinski definition) is 6. The third kappa shape index (κ3) is 4.97. The molecule has 0 spiro atoms. The number of hydrogen-bond donors (Lipinski definition) is 1. The van der Waals surface area contributed by atoms with Crippen molar-refractivity contribution in [3.05, 3.63) is 12.3 Å². The van der Waals surface area contributed by atoms with E-state index in [9.17, 15) is 4.79 Å². The van der Waals surface area contributed by atoms with Gasteiger partial charge in [-0.3, -0.25) is 9.69 Å². The van der Waals surface area contributed by atoms with E-state index in [0.717, 1.165) is 76.7 Å². The summed E-state index contributed by atoms with van der Waals surface area (Å²) in [4.78, 5) is 29.2. The summed E-state index contributed by atoms with van der Waals surface area (Å²) in [7, 11) is 0. The second kappa shape index (κ2) is 9.72. The molecule has 1 saturated carbocycles. The van der Waals surface area contributed by atoms with Gasteiger partial charge >= 0.3 is 0 Å². The van der Waals surface area contributed by atoms with Crippen molar-refractivity contribution < 1.29 is 4.79 Å². The van der Waals surface area contributed by atoms with Gasteiger partial charge in [-0.15, -0.1) is 0 Å². The Kier molecular flexibility index (Phi) is 6.58. The highest BCUT2D eigenvalue weighted by molar-refractivity contribution is 5.79. The fourth-order valence-electron chi connectivity index (χ4n) is 5.68. The molecule has 4 aliphatic rings. The van der Waals surface area contributed by atoms with Crippen LogP contribution in [0, 0.1) is 5.92 Å². The summed E-state index contributed by atoms with van der Waals surface area (Å²) in [5.74, 6) is 2.56. The van der Waals surface area contributed by atoms with Crippen LogP contribution < -0.4 is 10.2 Å². The van der Waals surface area contributed by atoms with Crippen LogP contribution >= 0.6 is 0 Å². The SMILES string of the molecule is O=C(C1CCC1)N1CCCC(N2CCC(Nc3nccc(N4CCCCCC4)n3)C2)C1. The molecule has 1 aromatic heterocycles. The molecule has 170 valence electrons. The molecule has 4 fully saturated rings. The Labute approximate surface area is 186 Å². The number of carbonyl (C=O) groups excluding carboxylic acids is 1. The first kappa shape index (κ1) is 21.0. The van der Waals surface area contributed by atoms with Crippen molar-refractivity contribution in [3.63, 3.8) is 0 Å². The van der Waals surface area contributed by atoms with Crippen molar-refractivity contribution in [2.24, 2.45) is 5.92 Å². The minimum Gasteiger partial charge on any atom is -0.356 e. The Morgan fingerprint density at radius 1 is 0.903 bits per heavy atom. The topological polar surface area (TPSA) is 64.6 Å². The standard InChI is InChI=1S/C24H38N6O/c31-23(19-7-5-8-19)30-15-6-9-21(18-30)29-16-11-20(17-29)26-24-25-12-10-22(27-24)28-13-3-1-2-4-14-28/h10,12,19-21H,1-9,11,13-18H2,(H,25,26,27). The van der Waals surface area contributed by atoms with Crippen LogP contribution in [0.2, 0.25) is 0 Å². The van der Waals surface area contributed by atoms with Crippen LogP contribution in [0.25, 0.3) is 0 Å². The molecule has 2 unspecified atom stereocenters. The highest BCUT2D eigenvalue weighted by Crippen LogP contribution is 2.30. The van der Waals surface area contributed by atoms with Crippen molar-refractivity contribution in [1.82, 2.24) is 19.8 Å². The van der Waals surface area contributed by atoms with E-state index in [1.165, 1.54) is 38.5 Å².